The van der Waals surface area contributed by atoms with E-state index in [0.29, 0.717) is 29.8 Å². The van der Waals surface area contributed by atoms with Crippen molar-refractivity contribution in [3.8, 4) is 0 Å². The summed E-state index contributed by atoms with van der Waals surface area (Å²) in [6.07, 6.45) is 7.86. The van der Waals surface area contributed by atoms with E-state index in [9.17, 15) is 10.0 Å². The maximum absolute atomic E-state index is 10.8. The first-order valence-corrected chi connectivity index (χ1v) is 10.2. The van der Waals surface area contributed by atoms with E-state index in [1.807, 2.05) is 6.07 Å². The predicted octanol–water partition coefficient (Wildman–Crippen LogP) is 1.69. The summed E-state index contributed by atoms with van der Waals surface area (Å²) in [5, 5.41) is 18.6. The average Bonchev–Trinajstić information content (AvgIpc) is 3.22. The third kappa shape index (κ3) is 6.20. The summed E-state index contributed by atoms with van der Waals surface area (Å²) in [4.78, 5) is 23.8. The van der Waals surface area contributed by atoms with Crippen LogP contribution in [0.2, 0.25) is 0 Å². The molecule has 1 atom stereocenters. The van der Waals surface area contributed by atoms with Crippen LogP contribution in [0.5, 0.6) is 0 Å². The molecule has 1 fully saturated rings. The molecule has 158 valence electrons. The maximum Gasteiger partial charge on any atom is 0.233 e. The molecule has 3 rings (SSSR count). The molecule has 0 unspecified atom stereocenters. The van der Waals surface area contributed by atoms with Gasteiger partial charge >= 0.3 is 0 Å². The highest BCUT2D eigenvalue weighted by Gasteiger charge is 2.23. The van der Waals surface area contributed by atoms with E-state index in [1.54, 1.807) is 12.4 Å². The third-order valence-electron chi connectivity index (χ3n) is 5.08. The largest absolute Gasteiger partial charge is 0.424 e. The number of aromatic nitrogens is 4. The second-order valence-corrected chi connectivity index (χ2v) is 7.27. The fourth-order valence-electron chi connectivity index (χ4n) is 3.45. The van der Waals surface area contributed by atoms with Crippen LogP contribution in [-0.4, -0.2) is 74.5 Å². The van der Waals surface area contributed by atoms with Crippen molar-refractivity contribution in [2.75, 3.05) is 37.6 Å². The Labute approximate surface area is 170 Å². The molecule has 3 heterocycles. The summed E-state index contributed by atoms with van der Waals surface area (Å²) in [6.45, 7) is 6.25. The Hall–Kier alpha value is -2.59. The van der Waals surface area contributed by atoms with Crippen LogP contribution in [0.25, 0.3) is 0 Å². The van der Waals surface area contributed by atoms with Gasteiger partial charge in [0.25, 0.3) is 0 Å². The standard InChI is InChI=1S/C19H29N7O3/c1-2-3-4-6-16(13-26(28)15-27)18-23-22-17(29-18)14-24-9-11-25(12-10-24)19-20-7-5-8-21-19/h5,7-8,15-16,28H,2-4,6,9-14H2,1H3/t16-/m0/s1. The number of nitrogens with zero attached hydrogens (tertiary/aromatic N) is 7. The Kier molecular flexibility index (Phi) is 7.88. The van der Waals surface area contributed by atoms with Gasteiger partial charge < -0.3 is 9.32 Å². The Balaban J connectivity index is 1.54. The molecule has 1 saturated heterocycles. The van der Waals surface area contributed by atoms with E-state index in [2.05, 4.69) is 36.9 Å². The van der Waals surface area contributed by atoms with Gasteiger partial charge in [-0.2, -0.15) is 0 Å². The van der Waals surface area contributed by atoms with Gasteiger partial charge in [-0.25, -0.2) is 15.0 Å². The van der Waals surface area contributed by atoms with Crippen LogP contribution < -0.4 is 4.90 Å². The zero-order chi connectivity index (χ0) is 20.5. The van der Waals surface area contributed by atoms with Gasteiger partial charge in [0.1, 0.15) is 0 Å². The van der Waals surface area contributed by atoms with Crippen molar-refractivity contribution in [3.63, 3.8) is 0 Å². The summed E-state index contributed by atoms with van der Waals surface area (Å²) in [5.41, 5.74) is 0. The molecule has 0 radical (unpaired) electrons. The molecule has 0 aromatic carbocycles. The quantitative estimate of drug-likeness (QED) is 0.259. The topological polar surface area (TPSA) is 112 Å². The maximum atomic E-state index is 10.8. The number of carbonyl (C=O) groups is 1. The molecule has 29 heavy (non-hydrogen) atoms. The molecular formula is C19H29N7O3. The first kappa shape index (κ1) is 21.1. The number of carbonyl (C=O) groups excluding carboxylic acids is 1. The van der Waals surface area contributed by atoms with Crippen molar-refractivity contribution >= 4 is 12.4 Å². The Morgan fingerprint density at radius 3 is 2.66 bits per heavy atom. The predicted molar refractivity (Wildman–Crippen MR) is 105 cm³/mol. The Morgan fingerprint density at radius 2 is 1.97 bits per heavy atom. The van der Waals surface area contributed by atoms with Crippen LogP contribution in [0.15, 0.2) is 22.9 Å². The molecule has 1 aliphatic rings. The normalized spacial score (nSPS) is 16.0. The van der Waals surface area contributed by atoms with Crippen molar-refractivity contribution in [2.45, 2.75) is 45.1 Å². The average molecular weight is 403 g/mol. The van der Waals surface area contributed by atoms with E-state index in [-0.39, 0.29) is 12.5 Å². The number of hydroxylamine groups is 2. The molecular weight excluding hydrogens is 374 g/mol. The lowest BCUT2D eigenvalue weighted by atomic mass is 10.0. The number of hydrogen-bond donors (Lipinski definition) is 1. The monoisotopic (exact) mass is 403 g/mol. The summed E-state index contributed by atoms with van der Waals surface area (Å²) < 4.78 is 5.88. The number of amides is 1. The van der Waals surface area contributed by atoms with E-state index < -0.39 is 0 Å². The number of anilines is 1. The van der Waals surface area contributed by atoms with Crippen LogP contribution in [0.3, 0.4) is 0 Å². The molecule has 1 N–H and O–H groups in total. The molecule has 1 amide bonds. The van der Waals surface area contributed by atoms with E-state index in [1.165, 1.54) is 0 Å². The number of rotatable bonds is 11. The van der Waals surface area contributed by atoms with Gasteiger partial charge in [-0.1, -0.05) is 26.2 Å². The first-order chi connectivity index (χ1) is 14.2. The fraction of sp³-hybridized carbons (Fsp3) is 0.632. The molecule has 2 aromatic rings. The van der Waals surface area contributed by atoms with E-state index in [4.69, 9.17) is 4.42 Å². The molecule has 0 bridgehead atoms. The molecule has 10 nitrogen and oxygen atoms in total. The summed E-state index contributed by atoms with van der Waals surface area (Å²) in [6, 6.07) is 1.81. The van der Waals surface area contributed by atoms with Crippen molar-refractivity contribution in [1.82, 2.24) is 30.1 Å². The molecule has 10 heteroatoms. The first-order valence-electron chi connectivity index (χ1n) is 10.2. The summed E-state index contributed by atoms with van der Waals surface area (Å²) in [7, 11) is 0. The highest BCUT2D eigenvalue weighted by atomic mass is 16.5. The van der Waals surface area contributed by atoms with Crippen molar-refractivity contribution in [1.29, 1.82) is 0 Å². The number of hydrogen-bond acceptors (Lipinski definition) is 9. The minimum absolute atomic E-state index is 0.157. The zero-order valence-electron chi connectivity index (χ0n) is 16.9. The smallest absolute Gasteiger partial charge is 0.233 e. The van der Waals surface area contributed by atoms with Crippen molar-refractivity contribution < 1.29 is 14.4 Å². The van der Waals surface area contributed by atoms with E-state index in [0.717, 1.165) is 57.8 Å². The van der Waals surface area contributed by atoms with Crippen LogP contribution in [0, 0.1) is 0 Å². The van der Waals surface area contributed by atoms with Crippen LogP contribution in [-0.2, 0) is 11.3 Å². The third-order valence-corrected chi connectivity index (χ3v) is 5.08. The van der Waals surface area contributed by atoms with Crippen LogP contribution in [0.1, 0.15) is 50.3 Å². The molecule has 2 aromatic heterocycles. The van der Waals surface area contributed by atoms with Gasteiger partial charge in [0, 0.05) is 38.6 Å². The fourth-order valence-corrected chi connectivity index (χ4v) is 3.45. The lowest BCUT2D eigenvalue weighted by Gasteiger charge is -2.33. The Bertz CT molecular complexity index is 734. The molecule has 1 aliphatic heterocycles. The van der Waals surface area contributed by atoms with Crippen molar-refractivity contribution in [3.05, 3.63) is 30.2 Å². The van der Waals surface area contributed by atoms with Crippen LogP contribution >= 0.6 is 0 Å². The molecule has 0 saturated carbocycles. The SMILES string of the molecule is CCCCC[C@@H](CN(O)C=O)c1nnc(CN2CCN(c3ncccn3)CC2)o1. The van der Waals surface area contributed by atoms with Gasteiger partial charge in [-0.05, 0) is 12.5 Å². The number of unbranched alkanes of at least 4 members (excludes halogenated alkanes) is 2. The lowest BCUT2D eigenvalue weighted by molar-refractivity contribution is -0.151. The highest BCUT2D eigenvalue weighted by Crippen LogP contribution is 2.23. The molecule has 0 aliphatic carbocycles. The molecule has 0 spiro atoms. The van der Waals surface area contributed by atoms with Crippen LogP contribution in [0.4, 0.5) is 5.95 Å². The highest BCUT2D eigenvalue weighted by molar-refractivity contribution is 5.44. The van der Waals surface area contributed by atoms with Gasteiger partial charge in [-0.3, -0.25) is 14.9 Å². The number of piperazine rings is 1. The minimum Gasteiger partial charge on any atom is -0.424 e. The minimum atomic E-state index is -0.162. The van der Waals surface area contributed by atoms with E-state index >= 15 is 0 Å². The van der Waals surface area contributed by atoms with Gasteiger partial charge in [0.2, 0.25) is 24.1 Å². The second-order valence-electron chi connectivity index (χ2n) is 7.27. The van der Waals surface area contributed by atoms with Gasteiger partial charge in [0.15, 0.2) is 0 Å². The Morgan fingerprint density at radius 1 is 1.21 bits per heavy atom. The summed E-state index contributed by atoms with van der Waals surface area (Å²) in [5.74, 6) is 1.63. The second kappa shape index (κ2) is 10.8. The van der Waals surface area contributed by atoms with Gasteiger partial charge in [-0.15, -0.1) is 10.2 Å². The van der Waals surface area contributed by atoms with Gasteiger partial charge in [0.05, 0.1) is 19.0 Å². The zero-order valence-corrected chi connectivity index (χ0v) is 16.9. The summed E-state index contributed by atoms with van der Waals surface area (Å²) >= 11 is 0. The lowest BCUT2D eigenvalue weighted by Crippen LogP contribution is -2.46. The van der Waals surface area contributed by atoms with Crippen molar-refractivity contribution in [2.24, 2.45) is 0 Å².